The third-order valence-corrected chi connectivity index (χ3v) is 4.76. The van der Waals surface area contributed by atoms with Crippen LogP contribution in [0.2, 0.25) is 0 Å². The van der Waals surface area contributed by atoms with Crippen LogP contribution in [0.25, 0.3) is 22.5 Å². The molecular formula is C25H22N4O. The Kier molecular flexibility index (Phi) is 5.52. The van der Waals surface area contributed by atoms with Gasteiger partial charge < -0.3 is 5.11 Å². The van der Waals surface area contributed by atoms with Crippen LogP contribution in [-0.4, -0.2) is 20.8 Å². The van der Waals surface area contributed by atoms with Crippen LogP contribution in [0, 0.1) is 6.92 Å². The summed E-state index contributed by atoms with van der Waals surface area (Å²) < 4.78 is 0. The van der Waals surface area contributed by atoms with Crippen LogP contribution < -0.4 is 5.43 Å². The van der Waals surface area contributed by atoms with Gasteiger partial charge >= 0.3 is 0 Å². The largest absolute Gasteiger partial charge is 0.507 e. The second kappa shape index (κ2) is 8.57. The van der Waals surface area contributed by atoms with Crippen molar-refractivity contribution in [1.29, 1.82) is 0 Å². The minimum absolute atomic E-state index is 0.180. The van der Waals surface area contributed by atoms with E-state index in [0.29, 0.717) is 17.2 Å². The van der Waals surface area contributed by atoms with Gasteiger partial charge in [0.15, 0.2) is 0 Å². The summed E-state index contributed by atoms with van der Waals surface area (Å²) in [5, 5.41) is 14.4. The predicted molar refractivity (Wildman–Crippen MR) is 122 cm³/mol. The summed E-state index contributed by atoms with van der Waals surface area (Å²) in [5.41, 5.74) is 9.06. The molecule has 0 amide bonds. The molecule has 30 heavy (non-hydrogen) atoms. The molecule has 0 spiro atoms. The first-order valence-corrected chi connectivity index (χ1v) is 9.70. The van der Waals surface area contributed by atoms with Gasteiger partial charge in [-0.05, 0) is 32.0 Å². The van der Waals surface area contributed by atoms with Gasteiger partial charge in [-0.2, -0.15) is 5.10 Å². The van der Waals surface area contributed by atoms with Gasteiger partial charge in [0, 0.05) is 16.7 Å². The number of nitrogens with one attached hydrogen (secondary N) is 1. The Morgan fingerprint density at radius 3 is 2.07 bits per heavy atom. The van der Waals surface area contributed by atoms with Crippen LogP contribution in [0.15, 0.2) is 90.0 Å². The molecule has 0 bridgehead atoms. The number of aromatic hydroxyl groups is 1. The maximum Gasteiger partial charge on any atom is 0.244 e. The van der Waals surface area contributed by atoms with E-state index in [-0.39, 0.29) is 5.75 Å². The predicted octanol–water partition coefficient (Wildman–Crippen LogP) is 5.66. The number of hydrazone groups is 1. The lowest BCUT2D eigenvalue weighted by Gasteiger charge is -2.09. The maximum atomic E-state index is 10.0. The number of nitrogens with zero attached hydrogens (tertiary/aromatic N) is 3. The number of aryl methyl sites for hydroxylation is 1. The highest BCUT2D eigenvalue weighted by Crippen LogP contribution is 2.25. The third kappa shape index (κ3) is 4.36. The zero-order chi connectivity index (χ0) is 20.9. The first-order chi connectivity index (χ1) is 14.6. The Bertz CT molecular complexity index is 1190. The molecule has 0 radical (unpaired) electrons. The first-order valence-electron chi connectivity index (χ1n) is 9.70. The van der Waals surface area contributed by atoms with Crippen LogP contribution in [-0.2, 0) is 0 Å². The fourth-order valence-electron chi connectivity index (χ4n) is 3.10. The Morgan fingerprint density at radius 1 is 0.800 bits per heavy atom. The van der Waals surface area contributed by atoms with Crippen molar-refractivity contribution in [2.24, 2.45) is 5.10 Å². The van der Waals surface area contributed by atoms with E-state index < -0.39 is 0 Å². The topological polar surface area (TPSA) is 70.4 Å². The molecule has 2 N–H and O–H groups in total. The normalized spacial score (nSPS) is 11.3. The zero-order valence-corrected chi connectivity index (χ0v) is 16.9. The van der Waals surface area contributed by atoms with Crippen LogP contribution >= 0.6 is 0 Å². The first kappa shape index (κ1) is 19.3. The lowest BCUT2D eigenvalue weighted by Crippen LogP contribution is -2.04. The molecule has 4 rings (SSSR count). The number of phenolic OH excluding ortho intramolecular Hbond substituents is 1. The highest BCUT2D eigenvalue weighted by molar-refractivity contribution is 6.01. The van der Waals surface area contributed by atoms with Gasteiger partial charge in [0.2, 0.25) is 5.95 Å². The fraction of sp³-hybridized carbons (Fsp3) is 0.0800. The van der Waals surface area contributed by atoms with Crippen LogP contribution in [0.5, 0.6) is 5.75 Å². The molecular weight excluding hydrogens is 372 g/mol. The SMILES string of the molecule is C/C(=N\Nc1nc(-c2ccccc2)cc(-c2ccc(C)cc2)n1)c1ccccc1O. The minimum atomic E-state index is 0.180. The average molecular weight is 394 g/mol. The van der Waals surface area contributed by atoms with E-state index >= 15 is 0 Å². The average Bonchev–Trinajstić information content (AvgIpc) is 2.78. The summed E-state index contributed by atoms with van der Waals surface area (Å²) in [4.78, 5) is 9.30. The van der Waals surface area contributed by atoms with Crippen molar-refractivity contribution in [3.63, 3.8) is 0 Å². The Labute approximate surface area is 175 Å². The molecule has 1 heterocycles. The van der Waals surface area contributed by atoms with Gasteiger partial charge in [-0.25, -0.2) is 15.4 Å². The molecule has 148 valence electrons. The van der Waals surface area contributed by atoms with Crippen molar-refractivity contribution in [2.75, 3.05) is 5.43 Å². The molecule has 0 fully saturated rings. The number of aromatic nitrogens is 2. The minimum Gasteiger partial charge on any atom is -0.507 e. The molecule has 1 aromatic heterocycles. The van der Waals surface area contributed by atoms with E-state index in [1.165, 1.54) is 5.56 Å². The van der Waals surface area contributed by atoms with Crippen LogP contribution in [0.4, 0.5) is 5.95 Å². The summed E-state index contributed by atoms with van der Waals surface area (Å²) in [5.74, 6) is 0.571. The van der Waals surface area contributed by atoms with Gasteiger partial charge in [0.05, 0.1) is 17.1 Å². The lowest BCUT2D eigenvalue weighted by atomic mass is 10.1. The van der Waals surface area contributed by atoms with Gasteiger partial charge in [0.25, 0.3) is 0 Å². The van der Waals surface area contributed by atoms with Crippen molar-refractivity contribution in [3.8, 4) is 28.3 Å². The van der Waals surface area contributed by atoms with Crippen molar-refractivity contribution in [1.82, 2.24) is 9.97 Å². The molecule has 3 aromatic carbocycles. The number of benzene rings is 3. The lowest BCUT2D eigenvalue weighted by molar-refractivity contribution is 0.474. The molecule has 0 aliphatic carbocycles. The summed E-state index contributed by atoms with van der Waals surface area (Å²) in [6.45, 7) is 3.88. The number of para-hydroxylation sites is 1. The Balaban J connectivity index is 1.73. The van der Waals surface area contributed by atoms with E-state index in [0.717, 1.165) is 22.5 Å². The molecule has 0 saturated heterocycles. The maximum absolute atomic E-state index is 10.0. The zero-order valence-electron chi connectivity index (χ0n) is 16.9. The summed E-state index contributed by atoms with van der Waals surface area (Å²) in [7, 11) is 0. The second-order valence-electron chi connectivity index (χ2n) is 7.02. The van der Waals surface area contributed by atoms with E-state index in [9.17, 15) is 5.11 Å². The van der Waals surface area contributed by atoms with Crippen molar-refractivity contribution < 1.29 is 5.11 Å². The van der Waals surface area contributed by atoms with Gasteiger partial charge in [-0.1, -0.05) is 72.3 Å². The fourth-order valence-corrected chi connectivity index (χ4v) is 3.10. The van der Waals surface area contributed by atoms with Crippen LogP contribution in [0.1, 0.15) is 18.1 Å². The second-order valence-corrected chi connectivity index (χ2v) is 7.02. The van der Waals surface area contributed by atoms with E-state index in [1.54, 1.807) is 12.1 Å². The Hall–Kier alpha value is -3.99. The van der Waals surface area contributed by atoms with Gasteiger partial charge in [0.1, 0.15) is 5.75 Å². The number of hydrogen-bond donors (Lipinski definition) is 2. The molecule has 0 aliphatic rings. The van der Waals surface area contributed by atoms with Gasteiger partial charge in [-0.15, -0.1) is 0 Å². The molecule has 4 aromatic rings. The summed E-state index contributed by atoms with van der Waals surface area (Å²) in [6, 6.07) is 27.3. The molecule has 5 nitrogen and oxygen atoms in total. The standard InChI is InChI=1S/C25H22N4O/c1-17-12-14-20(15-13-17)23-16-22(19-8-4-3-5-9-19)26-25(27-23)29-28-18(2)21-10-6-7-11-24(21)30/h3-16,30H,1-2H3,(H,26,27,29)/b28-18+. The van der Waals surface area contributed by atoms with Crippen molar-refractivity contribution >= 4 is 11.7 Å². The number of rotatable bonds is 5. The molecule has 0 saturated carbocycles. The van der Waals surface area contributed by atoms with E-state index in [2.05, 4.69) is 39.6 Å². The number of anilines is 1. The molecule has 0 unspecified atom stereocenters. The van der Waals surface area contributed by atoms with Crippen molar-refractivity contribution in [2.45, 2.75) is 13.8 Å². The number of hydrogen-bond acceptors (Lipinski definition) is 5. The third-order valence-electron chi connectivity index (χ3n) is 4.76. The molecule has 0 aliphatic heterocycles. The molecule has 0 atom stereocenters. The molecule has 5 heteroatoms. The van der Waals surface area contributed by atoms with Crippen molar-refractivity contribution in [3.05, 3.63) is 96.1 Å². The highest BCUT2D eigenvalue weighted by Gasteiger charge is 2.09. The van der Waals surface area contributed by atoms with Gasteiger partial charge in [-0.3, -0.25) is 0 Å². The van der Waals surface area contributed by atoms with E-state index in [1.807, 2.05) is 67.6 Å². The van der Waals surface area contributed by atoms with E-state index in [4.69, 9.17) is 0 Å². The smallest absolute Gasteiger partial charge is 0.244 e. The number of phenols is 1. The quantitative estimate of drug-likeness (QED) is 0.338. The van der Waals surface area contributed by atoms with Crippen LogP contribution in [0.3, 0.4) is 0 Å². The summed E-state index contributed by atoms with van der Waals surface area (Å²) in [6.07, 6.45) is 0. The monoisotopic (exact) mass is 394 g/mol. The summed E-state index contributed by atoms with van der Waals surface area (Å²) >= 11 is 0. The Morgan fingerprint density at radius 2 is 1.40 bits per heavy atom. The highest BCUT2D eigenvalue weighted by atomic mass is 16.3.